The van der Waals surface area contributed by atoms with Crippen LogP contribution >= 0.6 is 0 Å². The maximum absolute atomic E-state index is 15.0. The van der Waals surface area contributed by atoms with Gasteiger partial charge in [-0.3, -0.25) is 0 Å². The highest BCUT2D eigenvalue weighted by molar-refractivity contribution is 5.72. The monoisotopic (exact) mass is 588 g/mol. The number of rotatable bonds is 9. The smallest absolute Gasteiger partial charge is 0.422 e. The van der Waals surface area contributed by atoms with Crippen molar-refractivity contribution >= 4 is 0 Å². The lowest BCUT2D eigenvalue weighted by atomic mass is 9.97. The van der Waals surface area contributed by atoms with E-state index in [1.54, 1.807) is 0 Å². The Labute approximate surface area is 226 Å². The average Bonchev–Trinajstić information content (AvgIpc) is 2.89. The van der Waals surface area contributed by atoms with Gasteiger partial charge in [-0.05, 0) is 60.4 Å². The van der Waals surface area contributed by atoms with Crippen LogP contribution in [-0.4, -0.2) is 22.5 Å². The van der Waals surface area contributed by atoms with Crippen LogP contribution in [0.15, 0.2) is 48.8 Å². The van der Waals surface area contributed by atoms with Gasteiger partial charge in [0.1, 0.15) is 23.3 Å². The molecule has 0 unspecified atom stereocenters. The number of halogens is 10. The zero-order chi connectivity index (χ0) is 30.1. The number of nitrogens with zero attached hydrogens (tertiary/aromatic N) is 2. The summed E-state index contributed by atoms with van der Waals surface area (Å²) in [5.41, 5.74) is -2.00. The van der Waals surface area contributed by atoms with Crippen molar-refractivity contribution in [2.45, 2.75) is 38.7 Å². The molecule has 0 fully saturated rings. The van der Waals surface area contributed by atoms with Gasteiger partial charge in [0, 0.05) is 23.5 Å². The zero-order valence-electron chi connectivity index (χ0n) is 20.9. The average molecular weight is 588 g/mol. The highest BCUT2D eigenvalue weighted by Gasteiger charge is 2.45. The predicted octanol–water partition coefficient (Wildman–Crippen LogP) is 8.89. The van der Waals surface area contributed by atoms with E-state index >= 15 is 0 Å². The number of ether oxygens (including phenoxy) is 1. The molecule has 0 saturated carbocycles. The summed E-state index contributed by atoms with van der Waals surface area (Å²) >= 11 is 0. The Kier molecular flexibility index (Phi) is 8.55. The Hall–Kier alpha value is -4.16. The lowest BCUT2D eigenvalue weighted by molar-refractivity contribution is -0.255. The largest absolute Gasteiger partial charge is 0.461 e. The maximum Gasteiger partial charge on any atom is 0.461 e. The number of hydrogen-bond donors (Lipinski definition) is 0. The highest BCUT2D eigenvalue weighted by Crippen LogP contribution is 2.36. The summed E-state index contributed by atoms with van der Waals surface area (Å²) in [5.74, 6) is -10.1. The van der Waals surface area contributed by atoms with E-state index in [0.29, 0.717) is 30.5 Å². The minimum Gasteiger partial charge on any atom is -0.422 e. The standard InChI is InChI=1S/C28H18F10N2O/c1-2-3-4-13-5-17(29)23(18(30)6-13)14-7-19(31)24(20(32)8-14)16-11-39-26(40-12-16)15-9-21(33)25(22(34)10-15)41-28(37,38)27(35)36/h5-12,27H,2-4H2,1H3. The van der Waals surface area contributed by atoms with E-state index in [0.717, 1.165) is 43.1 Å². The second-order valence-electron chi connectivity index (χ2n) is 8.88. The van der Waals surface area contributed by atoms with Crippen molar-refractivity contribution < 1.29 is 48.6 Å². The number of benzene rings is 3. The van der Waals surface area contributed by atoms with Gasteiger partial charge in [0.25, 0.3) is 0 Å². The number of hydrogen-bond acceptors (Lipinski definition) is 3. The van der Waals surface area contributed by atoms with Gasteiger partial charge in [-0.25, -0.2) is 36.3 Å². The van der Waals surface area contributed by atoms with E-state index in [1.165, 1.54) is 0 Å². The number of unbranched alkanes of at least 4 members (excludes halogenated alkanes) is 1. The molecule has 0 radical (unpaired) electrons. The number of alkyl halides is 4. The van der Waals surface area contributed by atoms with E-state index < -0.39 is 81.3 Å². The first-order chi connectivity index (χ1) is 19.3. The molecule has 0 aliphatic carbocycles. The predicted molar refractivity (Wildman–Crippen MR) is 128 cm³/mol. The van der Waals surface area contributed by atoms with E-state index in [9.17, 15) is 43.9 Å². The van der Waals surface area contributed by atoms with Gasteiger partial charge in [-0.1, -0.05) is 13.3 Å². The van der Waals surface area contributed by atoms with Crippen molar-refractivity contribution in [2.24, 2.45) is 0 Å². The summed E-state index contributed by atoms with van der Waals surface area (Å²) in [4.78, 5) is 7.52. The third-order valence-electron chi connectivity index (χ3n) is 5.94. The normalized spacial score (nSPS) is 11.8. The minimum atomic E-state index is -5.17. The third-order valence-corrected chi connectivity index (χ3v) is 5.94. The molecule has 216 valence electrons. The van der Waals surface area contributed by atoms with Crippen LogP contribution in [-0.2, 0) is 6.42 Å². The Morgan fingerprint density at radius 3 is 1.63 bits per heavy atom. The Morgan fingerprint density at radius 2 is 1.15 bits per heavy atom. The lowest BCUT2D eigenvalue weighted by Crippen LogP contribution is -2.34. The fourth-order valence-corrected chi connectivity index (χ4v) is 3.99. The van der Waals surface area contributed by atoms with E-state index in [2.05, 4.69) is 14.7 Å². The highest BCUT2D eigenvalue weighted by atomic mass is 19.3. The van der Waals surface area contributed by atoms with Crippen molar-refractivity contribution in [3.05, 3.63) is 89.3 Å². The van der Waals surface area contributed by atoms with Crippen molar-refractivity contribution in [3.63, 3.8) is 0 Å². The van der Waals surface area contributed by atoms with E-state index in [4.69, 9.17) is 0 Å². The fourth-order valence-electron chi connectivity index (χ4n) is 3.99. The Morgan fingerprint density at radius 1 is 0.683 bits per heavy atom. The van der Waals surface area contributed by atoms with Gasteiger partial charge in [0.2, 0.25) is 0 Å². The van der Waals surface area contributed by atoms with Crippen LogP contribution in [0.1, 0.15) is 25.3 Å². The van der Waals surface area contributed by atoms with Crippen molar-refractivity contribution in [2.75, 3.05) is 0 Å². The summed E-state index contributed by atoms with van der Waals surface area (Å²) in [7, 11) is 0. The molecule has 0 spiro atoms. The maximum atomic E-state index is 15.0. The van der Waals surface area contributed by atoms with Gasteiger partial charge in [0.05, 0.1) is 11.1 Å². The van der Waals surface area contributed by atoms with Crippen LogP contribution in [0, 0.1) is 34.9 Å². The molecule has 3 aromatic carbocycles. The van der Waals surface area contributed by atoms with Gasteiger partial charge in [-0.2, -0.15) is 17.6 Å². The van der Waals surface area contributed by atoms with E-state index in [-0.39, 0.29) is 5.56 Å². The van der Waals surface area contributed by atoms with Crippen LogP contribution < -0.4 is 4.74 Å². The molecule has 1 aromatic heterocycles. The second-order valence-corrected chi connectivity index (χ2v) is 8.88. The van der Waals surface area contributed by atoms with Crippen LogP contribution in [0.2, 0.25) is 0 Å². The second kappa shape index (κ2) is 11.8. The molecule has 1 heterocycles. The summed E-state index contributed by atoms with van der Waals surface area (Å²) in [5, 5.41) is 0. The van der Waals surface area contributed by atoms with Crippen LogP contribution in [0.4, 0.5) is 43.9 Å². The molecule has 0 atom stereocenters. The molecule has 0 amide bonds. The van der Waals surface area contributed by atoms with Crippen LogP contribution in [0.5, 0.6) is 5.75 Å². The van der Waals surface area contributed by atoms with E-state index in [1.807, 2.05) is 6.92 Å². The fraction of sp³-hybridized carbons (Fsp3) is 0.214. The molecule has 0 N–H and O–H groups in total. The first-order valence-electron chi connectivity index (χ1n) is 12.0. The molecule has 0 aliphatic rings. The van der Waals surface area contributed by atoms with Gasteiger partial charge >= 0.3 is 12.5 Å². The summed E-state index contributed by atoms with van der Waals surface area (Å²) in [6, 6.07) is 4.50. The first kappa shape index (κ1) is 29.8. The lowest BCUT2D eigenvalue weighted by Gasteiger charge is -2.18. The van der Waals surface area contributed by atoms with Crippen molar-refractivity contribution in [3.8, 4) is 39.4 Å². The van der Waals surface area contributed by atoms with Gasteiger partial charge in [0.15, 0.2) is 23.2 Å². The van der Waals surface area contributed by atoms with Crippen molar-refractivity contribution in [1.29, 1.82) is 0 Å². The molecule has 13 heteroatoms. The molecule has 41 heavy (non-hydrogen) atoms. The molecule has 0 aliphatic heterocycles. The molecule has 0 saturated heterocycles. The zero-order valence-corrected chi connectivity index (χ0v) is 20.9. The van der Waals surface area contributed by atoms with Gasteiger partial charge in [-0.15, -0.1) is 0 Å². The topological polar surface area (TPSA) is 35.0 Å². The van der Waals surface area contributed by atoms with Crippen molar-refractivity contribution in [1.82, 2.24) is 9.97 Å². The number of aryl methyl sites for hydroxylation is 1. The minimum absolute atomic E-state index is 0.261. The van der Waals surface area contributed by atoms with Crippen LogP contribution in [0.3, 0.4) is 0 Å². The number of aromatic nitrogens is 2. The third kappa shape index (κ3) is 6.28. The molecule has 4 rings (SSSR count). The Balaban J connectivity index is 1.63. The molecule has 3 nitrogen and oxygen atoms in total. The quantitative estimate of drug-likeness (QED) is 0.183. The first-order valence-corrected chi connectivity index (χ1v) is 12.0. The molecular formula is C28H18F10N2O. The summed E-state index contributed by atoms with van der Waals surface area (Å²) in [6.07, 6.45) is -5.86. The Bertz CT molecular complexity index is 1510. The van der Waals surface area contributed by atoms with Gasteiger partial charge < -0.3 is 4.74 Å². The van der Waals surface area contributed by atoms with Crippen LogP contribution in [0.25, 0.3) is 33.6 Å². The molecule has 0 bridgehead atoms. The molecule has 4 aromatic rings. The summed E-state index contributed by atoms with van der Waals surface area (Å²) < 4.78 is 142. The SMILES string of the molecule is CCCCc1cc(F)c(-c2cc(F)c(-c3cnc(-c4cc(F)c(OC(F)(F)C(F)F)c(F)c4)nc3)c(F)c2)c(F)c1. The molecular weight excluding hydrogens is 570 g/mol. The summed E-state index contributed by atoms with van der Waals surface area (Å²) in [6.45, 7) is 1.91.